The van der Waals surface area contributed by atoms with Crippen molar-refractivity contribution in [2.24, 2.45) is 11.7 Å². The number of benzene rings is 1. The van der Waals surface area contributed by atoms with Crippen molar-refractivity contribution in [1.29, 1.82) is 5.26 Å². The topological polar surface area (TPSA) is 126 Å². The molecule has 2 N–H and O–H groups in total. The van der Waals surface area contributed by atoms with Crippen molar-refractivity contribution in [2.75, 3.05) is 36.0 Å². The Morgan fingerprint density at radius 3 is 2.48 bits per heavy atom. The highest BCUT2D eigenvalue weighted by Gasteiger charge is 2.24. The van der Waals surface area contributed by atoms with Gasteiger partial charge in [0, 0.05) is 57.2 Å². The number of hydrogen-bond donors (Lipinski definition) is 1. The molecule has 222 valence electrons. The molecule has 0 saturated carbocycles. The fourth-order valence-corrected chi connectivity index (χ4v) is 6.11. The Morgan fingerprint density at radius 1 is 1.02 bits per heavy atom. The minimum Gasteiger partial charge on any atom is -0.356 e. The van der Waals surface area contributed by atoms with Gasteiger partial charge in [-0.1, -0.05) is 26.0 Å². The molecule has 1 aromatic carbocycles. The lowest BCUT2D eigenvalue weighted by Crippen LogP contribution is -2.48. The molecule has 0 spiro atoms. The van der Waals surface area contributed by atoms with Crippen LogP contribution < -0.4 is 26.8 Å². The summed E-state index contributed by atoms with van der Waals surface area (Å²) in [5.74, 6) is 2.35. The van der Waals surface area contributed by atoms with E-state index in [1.54, 1.807) is 22.8 Å². The lowest BCUT2D eigenvalue weighted by atomic mass is 9.92. The first-order valence-corrected chi connectivity index (χ1v) is 15.2. The van der Waals surface area contributed by atoms with Gasteiger partial charge < -0.3 is 15.5 Å². The molecule has 2 aliphatic rings. The van der Waals surface area contributed by atoms with Crippen molar-refractivity contribution in [3.05, 3.63) is 80.3 Å². The van der Waals surface area contributed by atoms with E-state index in [1.165, 1.54) is 4.57 Å². The minimum atomic E-state index is -0.309. The molecular formula is C32H42N8O2. The van der Waals surface area contributed by atoms with E-state index in [0.717, 1.165) is 75.2 Å². The van der Waals surface area contributed by atoms with Gasteiger partial charge in [0.15, 0.2) is 0 Å². The van der Waals surface area contributed by atoms with Gasteiger partial charge in [-0.25, -0.2) is 14.8 Å². The lowest BCUT2D eigenvalue weighted by molar-refractivity contribution is 0.358. The van der Waals surface area contributed by atoms with Crippen LogP contribution in [0, 0.1) is 17.2 Å². The number of nitrogens with two attached hydrogens (primary N) is 1. The zero-order valence-electron chi connectivity index (χ0n) is 24.8. The van der Waals surface area contributed by atoms with E-state index in [9.17, 15) is 14.9 Å². The quantitative estimate of drug-likeness (QED) is 0.415. The molecule has 0 aliphatic carbocycles. The van der Waals surface area contributed by atoms with Crippen molar-refractivity contribution < 1.29 is 0 Å². The highest BCUT2D eigenvalue weighted by atomic mass is 16.2. The average Bonchev–Trinajstić information content (AvgIpc) is 3.00. The molecule has 10 heteroatoms. The second-order valence-electron chi connectivity index (χ2n) is 12.1. The van der Waals surface area contributed by atoms with Crippen molar-refractivity contribution in [1.82, 2.24) is 19.1 Å². The van der Waals surface area contributed by atoms with Gasteiger partial charge in [-0.3, -0.25) is 13.9 Å². The molecule has 0 bridgehead atoms. The van der Waals surface area contributed by atoms with Crippen molar-refractivity contribution >= 4 is 11.8 Å². The molecule has 3 aromatic rings. The van der Waals surface area contributed by atoms with Crippen LogP contribution in [0.1, 0.15) is 75.0 Å². The van der Waals surface area contributed by atoms with Crippen molar-refractivity contribution in [2.45, 2.75) is 77.4 Å². The van der Waals surface area contributed by atoms with Gasteiger partial charge in [0.2, 0.25) is 5.95 Å². The van der Waals surface area contributed by atoms with Gasteiger partial charge in [0.05, 0.1) is 18.2 Å². The predicted molar refractivity (Wildman–Crippen MR) is 165 cm³/mol. The zero-order chi connectivity index (χ0) is 29.6. The molecule has 0 amide bonds. The van der Waals surface area contributed by atoms with Gasteiger partial charge in [0.1, 0.15) is 5.82 Å². The number of rotatable bonds is 9. The third-order valence-electron chi connectivity index (χ3n) is 8.65. The first-order chi connectivity index (χ1) is 20.3. The van der Waals surface area contributed by atoms with Crippen LogP contribution in [0.2, 0.25) is 0 Å². The molecule has 0 radical (unpaired) electrons. The summed E-state index contributed by atoms with van der Waals surface area (Å²) >= 11 is 0. The first-order valence-electron chi connectivity index (χ1n) is 15.2. The van der Waals surface area contributed by atoms with Gasteiger partial charge >= 0.3 is 5.69 Å². The number of piperidine rings is 2. The van der Waals surface area contributed by atoms with E-state index in [-0.39, 0.29) is 23.8 Å². The Bertz CT molecular complexity index is 1510. The molecule has 2 aliphatic heterocycles. The Balaban J connectivity index is 1.27. The third-order valence-corrected chi connectivity index (χ3v) is 8.65. The van der Waals surface area contributed by atoms with Gasteiger partial charge in [-0.2, -0.15) is 5.26 Å². The summed E-state index contributed by atoms with van der Waals surface area (Å²) in [6, 6.07) is 11.0. The van der Waals surface area contributed by atoms with Gasteiger partial charge in [-0.05, 0) is 73.6 Å². The highest BCUT2D eigenvalue weighted by molar-refractivity contribution is 5.41. The molecule has 5 rings (SSSR count). The normalized spacial score (nSPS) is 17.9. The SMILES string of the molecule is CC(C)c1cnc(N2CCC(CCCn3c(=O)cc(N4CCC[C@@H](N)C4)n(Cc4cccc(C#N)c4)c3=O)CC2)nc1. The maximum Gasteiger partial charge on any atom is 0.332 e. The van der Waals surface area contributed by atoms with Crippen LogP contribution in [0.4, 0.5) is 11.8 Å². The summed E-state index contributed by atoms with van der Waals surface area (Å²) in [6.07, 6.45) is 9.49. The fourth-order valence-electron chi connectivity index (χ4n) is 6.11. The average molecular weight is 571 g/mol. The highest BCUT2D eigenvalue weighted by Crippen LogP contribution is 2.25. The Kier molecular flexibility index (Phi) is 9.38. The second kappa shape index (κ2) is 13.3. The number of anilines is 2. The number of nitrogens with zero attached hydrogens (tertiary/aromatic N) is 7. The standard InChI is InChI=1S/C32H42N8O2/c1-23(2)27-19-35-31(36-20-27)37-14-10-24(11-15-37)8-4-13-39-30(41)17-29(38-12-5-9-28(34)22-38)40(32(39)42)21-26-7-3-6-25(16-26)18-33/h3,6-7,16-17,19-20,23-24,28H,4-5,8-15,21-22,34H2,1-2H3/t28-/m1/s1. The van der Waals surface area contributed by atoms with Crippen LogP contribution >= 0.6 is 0 Å². The van der Waals surface area contributed by atoms with E-state index in [1.807, 2.05) is 24.5 Å². The smallest absolute Gasteiger partial charge is 0.332 e. The van der Waals surface area contributed by atoms with Crippen LogP contribution in [0.3, 0.4) is 0 Å². The van der Waals surface area contributed by atoms with Crippen LogP contribution in [0.25, 0.3) is 0 Å². The maximum absolute atomic E-state index is 13.8. The van der Waals surface area contributed by atoms with Crippen LogP contribution in [0.15, 0.2) is 52.3 Å². The number of aromatic nitrogens is 4. The maximum atomic E-state index is 13.8. The van der Waals surface area contributed by atoms with Crippen LogP contribution in [-0.2, 0) is 13.1 Å². The van der Waals surface area contributed by atoms with Crippen LogP contribution in [-0.4, -0.2) is 51.3 Å². The molecule has 1 atom stereocenters. The molecule has 42 heavy (non-hydrogen) atoms. The molecule has 2 saturated heterocycles. The summed E-state index contributed by atoms with van der Waals surface area (Å²) in [4.78, 5) is 40.5. The summed E-state index contributed by atoms with van der Waals surface area (Å²) < 4.78 is 3.06. The van der Waals surface area contributed by atoms with E-state index < -0.39 is 0 Å². The molecule has 0 unspecified atom stereocenters. The Hall–Kier alpha value is -3.97. The number of nitriles is 1. The predicted octanol–water partition coefficient (Wildman–Crippen LogP) is 3.47. The van der Waals surface area contributed by atoms with Crippen molar-refractivity contribution in [3.63, 3.8) is 0 Å². The van der Waals surface area contributed by atoms with Crippen LogP contribution in [0.5, 0.6) is 0 Å². The summed E-state index contributed by atoms with van der Waals surface area (Å²) in [5.41, 5.74) is 8.20. The first kappa shape index (κ1) is 29.5. The fraction of sp³-hybridized carbons (Fsp3) is 0.531. The van der Waals surface area contributed by atoms with E-state index in [0.29, 0.717) is 36.3 Å². The molecular weight excluding hydrogens is 528 g/mol. The molecule has 4 heterocycles. The minimum absolute atomic E-state index is 0.00373. The van der Waals surface area contributed by atoms with Gasteiger partial charge in [-0.15, -0.1) is 0 Å². The molecule has 2 aromatic heterocycles. The third kappa shape index (κ3) is 6.90. The van der Waals surface area contributed by atoms with Crippen molar-refractivity contribution in [3.8, 4) is 6.07 Å². The Morgan fingerprint density at radius 2 is 1.79 bits per heavy atom. The van der Waals surface area contributed by atoms with Gasteiger partial charge in [0.25, 0.3) is 5.56 Å². The molecule has 2 fully saturated rings. The van der Waals surface area contributed by atoms with E-state index in [4.69, 9.17) is 5.73 Å². The monoisotopic (exact) mass is 570 g/mol. The second-order valence-corrected chi connectivity index (χ2v) is 12.1. The largest absolute Gasteiger partial charge is 0.356 e. The van der Waals surface area contributed by atoms with E-state index >= 15 is 0 Å². The lowest BCUT2D eigenvalue weighted by Gasteiger charge is -2.34. The van der Waals surface area contributed by atoms with E-state index in [2.05, 4.69) is 39.7 Å². The summed E-state index contributed by atoms with van der Waals surface area (Å²) in [7, 11) is 0. The number of hydrogen-bond acceptors (Lipinski definition) is 8. The summed E-state index contributed by atoms with van der Waals surface area (Å²) in [6.45, 7) is 8.12. The Labute approximate surface area is 247 Å². The zero-order valence-corrected chi connectivity index (χ0v) is 24.8. The summed E-state index contributed by atoms with van der Waals surface area (Å²) in [5, 5.41) is 9.36. The molecule has 10 nitrogen and oxygen atoms in total.